The number of hydrogen-bond acceptors (Lipinski definition) is 5. The quantitative estimate of drug-likeness (QED) is 0.329. The largest absolute Gasteiger partial charge is 0.509 e. The van der Waals surface area contributed by atoms with Crippen LogP contribution in [-0.4, -0.2) is 40.7 Å². The molecule has 1 unspecified atom stereocenters. The first-order chi connectivity index (χ1) is 15.0. The lowest BCUT2D eigenvalue weighted by Crippen LogP contribution is -2.34. The normalized spacial score (nSPS) is 16.9. The first-order valence-corrected chi connectivity index (χ1v) is 10.2. The monoisotopic (exact) mass is 435 g/mol. The van der Waals surface area contributed by atoms with Gasteiger partial charge in [0.2, 0.25) is 0 Å². The first-order valence-electron chi connectivity index (χ1n) is 9.76. The van der Waals surface area contributed by atoms with Crippen LogP contribution in [0.25, 0.3) is 0 Å². The molecular weight excluding hydrogens is 410 g/mol. The Morgan fingerprint density at radius 2 is 1.84 bits per heavy atom. The number of amidine groups is 2. The minimum Gasteiger partial charge on any atom is -0.509 e. The van der Waals surface area contributed by atoms with E-state index in [1.807, 2.05) is 60.7 Å². The summed E-state index contributed by atoms with van der Waals surface area (Å²) in [6, 6.07) is 18.2. The van der Waals surface area contributed by atoms with Gasteiger partial charge in [0.05, 0.1) is 11.3 Å². The summed E-state index contributed by atoms with van der Waals surface area (Å²) in [5.41, 5.74) is 7.94. The van der Waals surface area contributed by atoms with Gasteiger partial charge in [0.1, 0.15) is 11.8 Å². The second-order valence-corrected chi connectivity index (χ2v) is 7.25. The van der Waals surface area contributed by atoms with E-state index in [1.54, 1.807) is 24.1 Å². The van der Waals surface area contributed by atoms with E-state index < -0.39 is 6.04 Å². The molecule has 0 fully saturated rings. The van der Waals surface area contributed by atoms with Crippen molar-refractivity contribution in [3.05, 3.63) is 89.7 Å². The van der Waals surface area contributed by atoms with Crippen molar-refractivity contribution in [1.29, 1.82) is 0 Å². The number of carbonyl (C=O) groups excluding carboxylic acids is 1. The number of rotatable bonds is 5. The van der Waals surface area contributed by atoms with Gasteiger partial charge in [0, 0.05) is 13.6 Å². The fourth-order valence-electron chi connectivity index (χ4n) is 3.12. The maximum atomic E-state index is 12.9. The number of aliphatic hydroxyl groups is 1. The Hall–Kier alpha value is -3.52. The molecule has 0 bridgehead atoms. The molecule has 7 nitrogen and oxygen atoms in total. The molecule has 0 heterocycles. The fraction of sp³-hybridized carbons (Fsp3) is 0.174. The summed E-state index contributed by atoms with van der Waals surface area (Å²) in [5.74, 6) is -0.0640. The van der Waals surface area contributed by atoms with Crippen molar-refractivity contribution in [3.8, 4) is 0 Å². The molecule has 0 aliphatic heterocycles. The van der Waals surface area contributed by atoms with E-state index in [9.17, 15) is 9.90 Å². The Bertz CT molecular complexity index is 1030. The average Bonchev–Trinajstić information content (AvgIpc) is 2.79. The van der Waals surface area contributed by atoms with Crippen LogP contribution >= 0.6 is 12.8 Å². The molecular formula is C23H25N5O2S. The number of hydrogen-bond donors (Lipinski definition) is 4. The molecule has 31 heavy (non-hydrogen) atoms. The lowest BCUT2D eigenvalue weighted by Gasteiger charge is -2.23. The van der Waals surface area contributed by atoms with Crippen molar-refractivity contribution >= 4 is 36.1 Å². The molecule has 8 heteroatoms. The summed E-state index contributed by atoms with van der Waals surface area (Å²) < 4.78 is 2.62. The standard InChI is InChI=1S/C23H25N5O2S/c1-28(15-16-9-4-2-5-10-16)23(30)18-13-8-14-19(20(18)29)26-22(27-31)21(24)25-17-11-6-3-7-12-17/h2-13,19,29,31H,14-15H2,1H3,(H2,24,25)(H,26,27). The lowest BCUT2D eigenvalue weighted by molar-refractivity contribution is -0.126. The van der Waals surface area contributed by atoms with E-state index in [0.717, 1.165) is 5.56 Å². The molecule has 3 rings (SSSR count). The van der Waals surface area contributed by atoms with Gasteiger partial charge >= 0.3 is 0 Å². The molecule has 0 saturated carbocycles. The summed E-state index contributed by atoms with van der Waals surface area (Å²) in [6.07, 6.45) is 3.85. The number of aliphatic imine (C=N–C) groups is 2. The first kappa shape index (κ1) is 22.2. The van der Waals surface area contributed by atoms with Gasteiger partial charge in [-0.05, 0) is 30.2 Å². The van der Waals surface area contributed by atoms with Gasteiger partial charge in [-0.1, -0.05) is 67.4 Å². The molecule has 0 aromatic heterocycles. The molecule has 0 radical (unpaired) electrons. The average molecular weight is 436 g/mol. The predicted octanol–water partition coefficient (Wildman–Crippen LogP) is 3.31. The van der Waals surface area contributed by atoms with E-state index in [-0.39, 0.29) is 28.9 Å². The molecule has 0 spiro atoms. The van der Waals surface area contributed by atoms with Gasteiger partial charge in [0.25, 0.3) is 5.91 Å². The highest BCUT2D eigenvalue weighted by atomic mass is 32.1. The Labute approximate surface area is 187 Å². The molecule has 1 atom stereocenters. The van der Waals surface area contributed by atoms with E-state index in [1.165, 1.54) is 0 Å². The van der Waals surface area contributed by atoms with Crippen LogP contribution in [0, 0.1) is 0 Å². The highest BCUT2D eigenvalue weighted by molar-refractivity contribution is 7.78. The summed E-state index contributed by atoms with van der Waals surface area (Å²) >= 11 is 4.07. The minimum atomic E-state index is -0.673. The third kappa shape index (κ3) is 5.76. The van der Waals surface area contributed by atoms with Crippen molar-refractivity contribution in [2.75, 3.05) is 7.05 Å². The molecule has 0 saturated heterocycles. The molecule has 1 aliphatic carbocycles. The highest BCUT2D eigenvalue weighted by Crippen LogP contribution is 2.23. The van der Waals surface area contributed by atoms with Gasteiger partial charge in [-0.2, -0.15) is 0 Å². The number of benzene rings is 2. The van der Waals surface area contributed by atoms with Crippen LogP contribution in [-0.2, 0) is 11.3 Å². The number of nitrogens with two attached hydrogens (primary N) is 1. The molecule has 1 amide bonds. The van der Waals surface area contributed by atoms with Crippen molar-refractivity contribution in [2.45, 2.75) is 19.0 Å². The van der Waals surface area contributed by atoms with Crippen LogP contribution in [0.5, 0.6) is 0 Å². The lowest BCUT2D eigenvalue weighted by atomic mass is 9.99. The zero-order valence-corrected chi connectivity index (χ0v) is 18.0. The second kappa shape index (κ2) is 10.5. The summed E-state index contributed by atoms with van der Waals surface area (Å²) in [4.78, 5) is 23.2. The van der Waals surface area contributed by atoms with E-state index >= 15 is 0 Å². The zero-order valence-electron chi connectivity index (χ0n) is 17.1. The maximum Gasteiger partial charge on any atom is 0.257 e. The topological polar surface area (TPSA) is 103 Å². The third-order valence-corrected chi connectivity index (χ3v) is 4.93. The molecule has 4 N–H and O–H groups in total. The number of aliphatic hydroxyl groups excluding tert-OH is 1. The minimum absolute atomic E-state index is 0.110. The number of likely N-dealkylation sites (N-methyl/N-ethyl adjacent to an activating group) is 1. The molecule has 1 aliphatic rings. The summed E-state index contributed by atoms with van der Waals surface area (Å²) in [5, 5.41) is 10.8. The number of nitrogens with zero attached hydrogens (tertiary/aromatic N) is 3. The number of carbonyl (C=O) groups is 1. The number of nitrogens with one attached hydrogen (secondary N) is 1. The van der Waals surface area contributed by atoms with Crippen molar-refractivity contribution in [1.82, 2.24) is 9.62 Å². The Morgan fingerprint density at radius 3 is 2.48 bits per heavy atom. The number of para-hydroxylation sites is 1. The maximum absolute atomic E-state index is 12.9. The predicted molar refractivity (Wildman–Crippen MR) is 127 cm³/mol. The Morgan fingerprint density at radius 1 is 1.19 bits per heavy atom. The van der Waals surface area contributed by atoms with Crippen LogP contribution in [0.1, 0.15) is 12.0 Å². The molecule has 2 aromatic carbocycles. The van der Waals surface area contributed by atoms with Gasteiger partial charge in [-0.15, -0.1) is 0 Å². The van der Waals surface area contributed by atoms with Gasteiger partial charge in [-0.3, -0.25) is 9.79 Å². The Balaban J connectivity index is 1.81. The van der Waals surface area contributed by atoms with Crippen LogP contribution < -0.4 is 10.5 Å². The number of amides is 1. The zero-order chi connectivity index (χ0) is 22.2. The van der Waals surface area contributed by atoms with Crippen molar-refractivity contribution < 1.29 is 9.90 Å². The third-order valence-electron chi connectivity index (χ3n) is 4.71. The number of thiol groups is 1. The van der Waals surface area contributed by atoms with Crippen LogP contribution in [0.3, 0.4) is 0 Å². The van der Waals surface area contributed by atoms with Gasteiger partial charge in [0.15, 0.2) is 11.7 Å². The van der Waals surface area contributed by atoms with Crippen molar-refractivity contribution in [3.63, 3.8) is 0 Å². The van der Waals surface area contributed by atoms with Crippen LogP contribution in [0.2, 0.25) is 0 Å². The fourth-order valence-corrected chi connectivity index (χ4v) is 3.30. The smallest absolute Gasteiger partial charge is 0.257 e. The van der Waals surface area contributed by atoms with Crippen molar-refractivity contribution in [2.24, 2.45) is 15.7 Å². The summed E-state index contributed by atoms with van der Waals surface area (Å²) in [6.45, 7) is 0.429. The summed E-state index contributed by atoms with van der Waals surface area (Å²) in [7, 11) is 1.70. The van der Waals surface area contributed by atoms with E-state index in [4.69, 9.17) is 5.73 Å². The second-order valence-electron chi connectivity index (χ2n) is 7.02. The van der Waals surface area contributed by atoms with Gasteiger partial charge in [-0.25, -0.2) is 4.99 Å². The van der Waals surface area contributed by atoms with Gasteiger partial charge < -0.3 is 20.5 Å². The van der Waals surface area contributed by atoms with E-state index in [2.05, 4.69) is 27.5 Å². The Kier molecular flexibility index (Phi) is 7.50. The van der Waals surface area contributed by atoms with Crippen LogP contribution in [0.4, 0.5) is 5.69 Å². The SMILES string of the molecule is CN(Cc1ccccc1)C(=O)C1=C(O)C(N=C(NS)C(N)=Nc2ccccc2)CC=C1. The highest BCUT2D eigenvalue weighted by Gasteiger charge is 2.26. The molecule has 160 valence electrons. The van der Waals surface area contributed by atoms with E-state index in [0.29, 0.717) is 18.7 Å². The van der Waals surface area contributed by atoms with Crippen LogP contribution in [0.15, 0.2) is 94.1 Å². The molecule has 2 aromatic rings.